The summed E-state index contributed by atoms with van der Waals surface area (Å²) in [5, 5.41) is 6.21. The molecule has 0 aliphatic carbocycles. The second kappa shape index (κ2) is 9.11. The molecule has 2 fully saturated rings. The summed E-state index contributed by atoms with van der Waals surface area (Å²) in [5.74, 6) is 0.858. The number of hydrogen-bond donors (Lipinski definition) is 2. The largest absolute Gasteiger partial charge is 0.491 e. The lowest BCUT2D eigenvalue weighted by Gasteiger charge is -2.22. The molecule has 3 rings (SSSR count). The molecule has 2 saturated heterocycles. The van der Waals surface area contributed by atoms with Gasteiger partial charge in [-0.25, -0.2) is 0 Å². The van der Waals surface area contributed by atoms with Crippen LogP contribution in [-0.2, 0) is 9.53 Å². The van der Waals surface area contributed by atoms with Crippen molar-refractivity contribution in [3.63, 3.8) is 0 Å². The normalized spacial score (nSPS) is 23.8. The van der Waals surface area contributed by atoms with Crippen molar-refractivity contribution in [1.29, 1.82) is 0 Å². The monoisotopic (exact) mass is 340 g/mol. The van der Waals surface area contributed by atoms with Crippen molar-refractivity contribution in [3.8, 4) is 5.75 Å². The highest BCUT2D eigenvalue weighted by molar-refractivity contribution is 5.94. The van der Waals surface area contributed by atoms with E-state index in [1.54, 1.807) is 0 Å². The van der Waals surface area contributed by atoms with Gasteiger partial charge < -0.3 is 20.1 Å². The van der Waals surface area contributed by atoms with Gasteiger partial charge in [-0.1, -0.05) is 6.42 Å². The Hall–Kier alpha value is -1.30. The molecule has 0 radical (unpaired) electrons. The lowest BCUT2D eigenvalue weighted by Crippen LogP contribution is -2.43. The molecule has 0 bridgehead atoms. The molecule has 1 aromatic carbocycles. The molecule has 2 aliphatic heterocycles. The maximum Gasteiger partial charge on any atom is 0.241 e. The Kier molecular flexibility index (Phi) is 7.15. The van der Waals surface area contributed by atoms with Gasteiger partial charge in [0.05, 0.1) is 12.1 Å². The number of anilines is 1. The number of halogens is 1. The Morgan fingerprint density at radius 1 is 1.22 bits per heavy atom. The average molecular weight is 341 g/mol. The van der Waals surface area contributed by atoms with E-state index in [1.165, 1.54) is 0 Å². The van der Waals surface area contributed by atoms with Gasteiger partial charge in [0.1, 0.15) is 12.4 Å². The predicted molar refractivity (Wildman–Crippen MR) is 92.4 cm³/mol. The molecule has 23 heavy (non-hydrogen) atoms. The Morgan fingerprint density at radius 2 is 2.04 bits per heavy atom. The van der Waals surface area contributed by atoms with Crippen LogP contribution >= 0.6 is 12.4 Å². The van der Waals surface area contributed by atoms with E-state index >= 15 is 0 Å². The Labute approximate surface area is 143 Å². The minimum absolute atomic E-state index is 0. The van der Waals surface area contributed by atoms with Crippen molar-refractivity contribution in [2.24, 2.45) is 0 Å². The minimum atomic E-state index is -0.0656. The molecule has 2 aliphatic rings. The lowest BCUT2D eigenvalue weighted by atomic mass is 10.0. The molecule has 5 nitrogen and oxygen atoms in total. The Balaban J connectivity index is 0.00000192. The van der Waals surface area contributed by atoms with E-state index < -0.39 is 0 Å². The summed E-state index contributed by atoms with van der Waals surface area (Å²) < 4.78 is 11.2. The Bertz CT molecular complexity index is 483. The van der Waals surface area contributed by atoms with Crippen LogP contribution in [0, 0.1) is 0 Å². The SMILES string of the molecule is Cl.O=C(Nc1ccc(OCC2CCCO2)cc1)C1CCCCN1. The van der Waals surface area contributed by atoms with Gasteiger partial charge in [0.2, 0.25) is 5.91 Å². The van der Waals surface area contributed by atoms with Crippen LogP contribution in [0.15, 0.2) is 24.3 Å². The molecule has 128 valence electrons. The molecule has 0 saturated carbocycles. The van der Waals surface area contributed by atoms with Gasteiger partial charge in [0, 0.05) is 12.3 Å². The van der Waals surface area contributed by atoms with Gasteiger partial charge in [-0.15, -0.1) is 12.4 Å². The third-order valence-corrected chi connectivity index (χ3v) is 4.21. The van der Waals surface area contributed by atoms with Crippen LogP contribution < -0.4 is 15.4 Å². The third-order valence-electron chi connectivity index (χ3n) is 4.21. The zero-order chi connectivity index (χ0) is 15.2. The topological polar surface area (TPSA) is 59.6 Å². The molecular weight excluding hydrogens is 316 g/mol. The molecule has 2 atom stereocenters. The predicted octanol–water partition coefficient (Wildman–Crippen LogP) is 2.75. The number of rotatable bonds is 5. The first kappa shape index (κ1) is 18.0. The number of nitrogens with one attached hydrogen (secondary N) is 2. The van der Waals surface area contributed by atoms with Gasteiger partial charge in [0.15, 0.2) is 0 Å². The maximum absolute atomic E-state index is 12.1. The highest BCUT2D eigenvalue weighted by Gasteiger charge is 2.20. The minimum Gasteiger partial charge on any atom is -0.491 e. The molecule has 2 heterocycles. The van der Waals surface area contributed by atoms with Crippen LogP contribution in [0.5, 0.6) is 5.75 Å². The highest BCUT2D eigenvalue weighted by atomic mass is 35.5. The van der Waals surface area contributed by atoms with E-state index in [9.17, 15) is 4.79 Å². The molecule has 1 amide bonds. The van der Waals surface area contributed by atoms with Crippen molar-refractivity contribution < 1.29 is 14.3 Å². The summed E-state index contributed by atoms with van der Waals surface area (Å²) in [6.45, 7) is 2.36. The molecular formula is C17H25ClN2O3. The van der Waals surface area contributed by atoms with Crippen LogP contribution in [0.25, 0.3) is 0 Å². The first-order valence-corrected chi connectivity index (χ1v) is 8.20. The zero-order valence-corrected chi connectivity index (χ0v) is 14.1. The van der Waals surface area contributed by atoms with E-state index in [-0.39, 0.29) is 30.5 Å². The number of ether oxygens (including phenoxy) is 2. The number of amides is 1. The van der Waals surface area contributed by atoms with Gasteiger partial charge in [-0.3, -0.25) is 4.79 Å². The number of hydrogen-bond acceptors (Lipinski definition) is 4. The van der Waals surface area contributed by atoms with Crippen LogP contribution in [-0.4, -0.2) is 37.8 Å². The summed E-state index contributed by atoms with van der Waals surface area (Å²) in [5.41, 5.74) is 0.807. The maximum atomic E-state index is 12.1. The second-order valence-corrected chi connectivity index (χ2v) is 5.96. The summed E-state index contributed by atoms with van der Waals surface area (Å²) in [7, 11) is 0. The van der Waals surface area contributed by atoms with Crippen molar-refractivity contribution >= 4 is 24.0 Å². The van der Waals surface area contributed by atoms with E-state index in [1.807, 2.05) is 24.3 Å². The summed E-state index contributed by atoms with van der Waals surface area (Å²) in [6.07, 6.45) is 5.59. The fourth-order valence-electron chi connectivity index (χ4n) is 2.90. The molecule has 2 unspecified atom stereocenters. The summed E-state index contributed by atoms with van der Waals surface area (Å²) in [4.78, 5) is 12.1. The van der Waals surface area contributed by atoms with Gasteiger partial charge in [-0.2, -0.15) is 0 Å². The van der Waals surface area contributed by atoms with Crippen LogP contribution in [0.1, 0.15) is 32.1 Å². The van der Waals surface area contributed by atoms with Crippen molar-refractivity contribution in [3.05, 3.63) is 24.3 Å². The van der Waals surface area contributed by atoms with Crippen LogP contribution in [0.4, 0.5) is 5.69 Å². The number of benzene rings is 1. The van der Waals surface area contributed by atoms with Crippen molar-refractivity contribution in [1.82, 2.24) is 5.32 Å². The van der Waals surface area contributed by atoms with Crippen LogP contribution in [0.2, 0.25) is 0 Å². The van der Waals surface area contributed by atoms with Gasteiger partial charge in [-0.05, 0) is 56.5 Å². The molecule has 0 spiro atoms. The quantitative estimate of drug-likeness (QED) is 0.865. The molecule has 6 heteroatoms. The van der Waals surface area contributed by atoms with Crippen molar-refractivity contribution in [2.45, 2.75) is 44.2 Å². The van der Waals surface area contributed by atoms with Crippen molar-refractivity contribution in [2.75, 3.05) is 25.1 Å². The summed E-state index contributed by atoms with van der Waals surface area (Å²) in [6, 6.07) is 7.47. The van der Waals surface area contributed by atoms with E-state index in [0.29, 0.717) is 6.61 Å². The fraction of sp³-hybridized carbons (Fsp3) is 0.588. The standard InChI is InChI=1S/C17H24N2O3.ClH/c20-17(16-5-1-2-10-18-16)19-13-6-8-14(9-7-13)22-12-15-4-3-11-21-15;/h6-9,15-16,18H,1-5,10-12H2,(H,19,20);1H. The molecule has 0 aromatic heterocycles. The third kappa shape index (κ3) is 5.37. The number of carbonyl (C=O) groups is 1. The average Bonchev–Trinajstić information content (AvgIpc) is 3.08. The molecule has 1 aromatic rings. The zero-order valence-electron chi connectivity index (χ0n) is 13.3. The smallest absolute Gasteiger partial charge is 0.241 e. The molecule has 2 N–H and O–H groups in total. The fourth-order valence-corrected chi connectivity index (χ4v) is 2.90. The van der Waals surface area contributed by atoms with Gasteiger partial charge in [0.25, 0.3) is 0 Å². The van der Waals surface area contributed by atoms with E-state index in [4.69, 9.17) is 9.47 Å². The first-order chi connectivity index (χ1) is 10.8. The second-order valence-electron chi connectivity index (χ2n) is 5.96. The summed E-state index contributed by atoms with van der Waals surface area (Å²) >= 11 is 0. The number of carbonyl (C=O) groups excluding carboxylic acids is 1. The van der Waals surface area contributed by atoms with E-state index in [2.05, 4.69) is 10.6 Å². The van der Waals surface area contributed by atoms with E-state index in [0.717, 1.165) is 56.7 Å². The van der Waals surface area contributed by atoms with Crippen LogP contribution in [0.3, 0.4) is 0 Å². The first-order valence-electron chi connectivity index (χ1n) is 8.20. The Morgan fingerprint density at radius 3 is 2.70 bits per heavy atom. The lowest BCUT2D eigenvalue weighted by molar-refractivity contribution is -0.118. The van der Waals surface area contributed by atoms with Gasteiger partial charge >= 0.3 is 0 Å². The number of piperidine rings is 1. The highest BCUT2D eigenvalue weighted by Crippen LogP contribution is 2.19.